The van der Waals surface area contributed by atoms with Gasteiger partial charge in [0.2, 0.25) is 0 Å². The SMILES string of the molecule is O=C(NN=Cc1cn(-c2ccccc2)nc1-c1ccc2ccccc2c1)c1ccncc1. The lowest BCUT2D eigenvalue weighted by Gasteiger charge is -2.03. The number of amides is 1. The van der Waals surface area contributed by atoms with Gasteiger partial charge in [-0.05, 0) is 41.1 Å². The van der Waals surface area contributed by atoms with E-state index >= 15 is 0 Å². The summed E-state index contributed by atoms with van der Waals surface area (Å²) in [5, 5.41) is 11.3. The molecule has 5 aromatic rings. The maximum absolute atomic E-state index is 12.3. The van der Waals surface area contributed by atoms with Crippen LogP contribution in [0.25, 0.3) is 27.7 Å². The second kappa shape index (κ2) is 8.65. The van der Waals surface area contributed by atoms with Crippen molar-refractivity contribution in [3.05, 3.63) is 115 Å². The molecule has 2 aromatic heterocycles. The molecule has 1 N–H and O–H groups in total. The first kappa shape index (κ1) is 19.4. The number of carbonyl (C=O) groups is 1. The minimum absolute atomic E-state index is 0.300. The predicted octanol–water partition coefficient (Wildman–Crippen LogP) is 4.85. The highest BCUT2D eigenvalue weighted by Gasteiger charge is 2.12. The Bertz CT molecular complexity index is 1410. The second-order valence-corrected chi connectivity index (χ2v) is 7.21. The van der Waals surface area contributed by atoms with E-state index in [0.717, 1.165) is 27.9 Å². The number of para-hydroxylation sites is 1. The molecule has 6 nitrogen and oxygen atoms in total. The summed E-state index contributed by atoms with van der Waals surface area (Å²) in [6, 6.07) is 27.6. The van der Waals surface area contributed by atoms with E-state index in [-0.39, 0.29) is 5.91 Å². The first-order valence-electron chi connectivity index (χ1n) is 10.2. The van der Waals surface area contributed by atoms with Crippen LogP contribution in [0.2, 0.25) is 0 Å². The molecule has 5 rings (SSSR count). The summed E-state index contributed by atoms with van der Waals surface area (Å²) < 4.78 is 1.82. The van der Waals surface area contributed by atoms with Gasteiger partial charge in [0.15, 0.2) is 0 Å². The van der Waals surface area contributed by atoms with Crippen LogP contribution < -0.4 is 5.43 Å². The van der Waals surface area contributed by atoms with Gasteiger partial charge in [-0.2, -0.15) is 10.2 Å². The molecule has 0 saturated heterocycles. The van der Waals surface area contributed by atoms with Gasteiger partial charge in [0.05, 0.1) is 11.9 Å². The Labute approximate surface area is 184 Å². The van der Waals surface area contributed by atoms with Crippen molar-refractivity contribution in [2.75, 3.05) is 0 Å². The molecular formula is C26H19N5O. The van der Waals surface area contributed by atoms with Gasteiger partial charge in [0.1, 0.15) is 5.69 Å². The van der Waals surface area contributed by atoms with Crippen molar-refractivity contribution >= 4 is 22.9 Å². The fourth-order valence-electron chi connectivity index (χ4n) is 3.48. The molecule has 0 saturated carbocycles. The average Bonchev–Trinajstić information content (AvgIpc) is 3.29. The van der Waals surface area contributed by atoms with Crippen molar-refractivity contribution in [2.45, 2.75) is 0 Å². The van der Waals surface area contributed by atoms with Crippen LogP contribution in [0.4, 0.5) is 0 Å². The molecule has 0 aliphatic carbocycles. The van der Waals surface area contributed by atoms with Gasteiger partial charge in [-0.1, -0.05) is 54.6 Å². The highest BCUT2D eigenvalue weighted by Crippen LogP contribution is 2.26. The first-order chi connectivity index (χ1) is 15.8. The Morgan fingerprint density at radius 1 is 0.875 bits per heavy atom. The third-order valence-corrected chi connectivity index (χ3v) is 5.10. The van der Waals surface area contributed by atoms with Crippen LogP contribution >= 0.6 is 0 Å². The highest BCUT2D eigenvalue weighted by atomic mass is 16.2. The minimum Gasteiger partial charge on any atom is -0.267 e. The number of nitrogens with one attached hydrogen (secondary N) is 1. The van der Waals surface area contributed by atoms with Gasteiger partial charge < -0.3 is 0 Å². The molecule has 0 aliphatic rings. The van der Waals surface area contributed by atoms with Crippen LogP contribution in [0, 0.1) is 0 Å². The van der Waals surface area contributed by atoms with Crippen LogP contribution in [0.1, 0.15) is 15.9 Å². The van der Waals surface area contributed by atoms with E-state index in [0.29, 0.717) is 5.56 Å². The predicted molar refractivity (Wildman–Crippen MR) is 126 cm³/mol. The largest absolute Gasteiger partial charge is 0.271 e. The van der Waals surface area contributed by atoms with Gasteiger partial charge in [-0.3, -0.25) is 9.78 Å². The molecule has 0 spiro atoms. The summed E-state index contributed by atoms with van der Waals surface area (Å²) in [5.74, 6) is -0.300. The summed E-state index contributed by atoms with van der Waals surface area (Å²) >= 11 is 0. The van der Waals surface area contributed by atoms with Crippen molar-refractivity contribution in [1.29, 1.82) is 0 Å². The van der Waals surface area contributed by atoms with Gasteiger partial charge in [-0.15, -0.1) is 0 Å². The third kappa shape index (κ3) is 4.02. The van der Waals surface area contributed by atoms with E-state index in [9.17, 15) is 4.79 Å². The quantitative estimate of drug-likeness (QED) is 0.328. The van der Waals surface area contributed by atoms with E-state index < -0.39 is 0 Å². The number of hydrogen-bond donors (Lipinski definition) is 1. The van der Waals surface area contributed by atoms with Crippen LogP contribution in [0.3, 0.4) is 0 Å². The average molecular weight is 417 g/mol. The second-order valence-electron chi connectivity index (χ2n) is 7.21. The van der Waals surface area contributed by atoms with E-state index in [2.05, 4.69) is 39.8 Å². The first-order valence-corrected chi connectivity index (χ1v) is 10.2. The van der Waals surface area contributed by atoms with Crippen LogP contribution in [-0.4, -0.2) is 26.9 Å². The fourth-order valence-corrected chi connectivity index (χ4v) is 3.48. The summed E-state index contributed by atoms with van der Waals surface area (Å²) in [5.41, 5.74) is 6.55. The molecule has 2 heterocycles. The molecule has 0 atom stereocenters. The Morgan fingerprint density at radius 2 is 1.62 bits per heavy atom. The van der Waals surface area contributed by atoms with Crippen molar-refractivity contribution in [2.24, 2.45) is 5.10 Å². The number of fused-ring (bicyclic) bond motifs is 1. The zero-order valence-corrected chi connectivity index (χ0v) is 17.1. The third-order valence-electron chi connectivity index (χ3n) is 5.10. The highest BCUT2D eigenvalue weighted by molar-refractivity contribution is 5.96. The van der Waals surface area contributed by atoms with Crippen LogP contribution in [-0.2, 0) is 0 Å². The Morgan fingerprint density at radius 3 is 2.44 bits per heavy atom. The standard InChI is InChI=1S/C26H19N5O/c32-26(20-12-14-27-15-13-20)29-28-17-23-18-31(24-8-2-1-3-9-24)30-25(23)22-11-10-19-6-4-5-7-21(19)16-22/h1-18H,(H,29,32). The lowest BCUT2D eigenvalue weighted by Crippen LogP contribution is -2.17. The molecule has 154 valence electrons. The monoisotopic (exact) mass is 417 g/mol. The van der Waals surface area contributed by atoms with Gasteiger partial charge in [-0.25, -0.2) is 10.1 Å². The number of aromatic nitrogens is 3. The lowest BCUT2D eigenvalue weighted by atomic mass is 10.0. The number of pyridine rings is 1. The van der Waals surface area contributed by atoms with Crippen LogP contribution in [0.5, 0.6) is 0 Å². The number of nitrogens with zero attached hydrogens (tertiary/aromatic N) is 4. The molecule has 0 aliphatic heterocycles. The number of carbonyl (C=O) groups excluding carboxylic acids is 1. The van der Waals surface area contributed by atoms with Gasteiger partial charge >= 0.3 is 0 Å². The van der Waals surface area contributed by atoms with Crippen LogP contribution in [0.15, 0.2) is 109 Å². The van der Waals surface area contributed by atoms with Gasteiger partial charge in [0, 0.05) is 35.3 Å². The Hall–Kier alpha value is -4.58. The topological polar surface area (TPSA) is 72.2 Å². The number of hydrazone groups is 1. The minimum atomic E-state index is -0.300. The number of rotatable bonds is 5. The number of hydrogen-bond acceptors (Lipinski definition) is 4. The van der Waals surface area contributed by atoms with Crippen molar-refractivity contribution in [3.8, 4) is 16.9 Å². The van der Waals surface area contributed by atoms with Crippen molar-refractivity contribution in [1.82, 2.24) is 20.2 Å². The Balaban J connectivity index is 1.51. The fraction of sp³-hybridized carbons (Fsp3) is 0. The molecule has 32 heavy (non-hydrogen) atoms. The van der Waals surface area contributed by atoms with E-state index in [1.807, 2.05) is 59.4 Å². The van der Waals surface area contributed by atoms with E-state index in [1.165, 1.54) is 5.39 Å². The van der Waals surface area contributed by atoms with Crippen molar-refractivity contribution in [3.63, 3.8) is 0 Å². The van der Waals surface area contributed by atoms with Crippen molar-refractivity contribution < 1.29 is 4.79 Å². The van der Waals surface area contributed by atoms with E-state index in [4.69, 9.17) is 5.10 Å². The maximum Gasteiger partial charge on any atom is 0.271 e. The smallest absolute Gasteiger partial charge is 0.267 e. The summed E-state index contributed by atoms with van der Waals surface area (Å²) in [6.45, 7) is 0. The van der Waals surface area contributed by atoms with Gasteiger partial charge in [0.25, 0.3) is 5.91 Å². The lowest BCUT2D eigenvalue weighted by molar-refractivity contribution is 0.0955. The maximum atomic E-state index is 12.3. The normalized spacial score (nSPS) is 11.1. The molecule has 0 unspecified atom stereocenters. The molecule has 6 heteroatoms. The molecule has 1 amide bonds. The summed E-state index contributed by atoms with van der Waals surface area (Å²) in [7, 11) is 0. The zero-order chi connectivity index (χ0) is 21.8. The molecule has 0 radical (unpaired) electrons. The summed E-state index contributed by atoms with van der Waals surface area (Å²) in [6.07, 6.45) is 6.67. The Kier molecular flexibility index (Phi) is 5.24. The molecular weight excluding hydrogens is 398 g/mol. The number of benzene rings is 3. The zero-order valence-electron chi connectivity index (χ0n) is 17.1. The van der Waals surface area contributed by atoms with E-state index in [1.54, 1.807) is 30.7 Å². The molecule has 0 fully saturated rings. The molecule has 3 aromatic carbocycles. The molecule has 0 bridgehead atoms. The summed E-state index contributed by atoms with van der Waals surface area (Å²) in [4.78, 5) is 16.2.